The highest BCUT2D eigenvalue weighted by atomic mass is 15.2. The van der Waals surface area contributed by atoms with Crippen LogP contribution in [0.25, 0.3) is 22.0 Å². The summed E-state index contributed by atoms with van der Waals surface area (Å²) in [6.07, 6.45) is 2.00. The van der Waals surface area contributed by atoms with Crippen molar-refractivity contribution in [3.63, 3.8) is 0 Å². The van der Waals surface area contributed by atoms with Crippen molar-refractivity contribution in [1.82, 2.24) is 14.8 Å². The molecule has 0 unspecified atom stereocenters. The van der Waals surface area contributed by atoms with Crippen molar-refractivity contribution < 1.29 is 0 Å². The van der Waals surface area contributed by atoms with Crippen LogP contribution in [-0.4, -0.2) is 42.0 Å². The number of nitrogens with zero attached hydrogens (tertiary/aromatic N) is 2. The molecule has 3 nitrogen and oxygen atoms in total. The fraction of sp³-hybridized carbons (Fsp3) is 0.231. The number of aromatic amines is 1. The first-order valence-electron chi connectivity index (χ1n) is 10.2. The van der Waals surface area contributed by atoms with Gasteiger partial charge in [0.05, 0.1) is 0 Å². The summed E-state index contributed by atoms with van der Waals surface area (Å²) in [5.41, 5.74) is 6.44. The van der Waals surface area contributed by atoms with Crippen LogP contribution in [0.5, 0.6) is 0 Å². The quantitative estimate of drug-likeness (QED) is 0.440. The third kappa shape index (κ3) is 5.14. The van der Waals surface area contributed by atoms with Gasteiger partial charge >= 0.3 is 0 Å². The maximum Gasteiger partial charge on any atom is 0.0454 e. The molecule has 0 aliphatic heterocycles. The van der Waals surface area contributed by atoms with E-state index in [2.05, 4.69) is 108 Å². The molecule has 0 aliphatic rings. The zero-order chi connectivity index (χ0) is 20.1. The van der Waals surface area contributed by atoms with Crippen LogP contribution in [0.2, 0.25) is 0 Å². The molecule has 148 valence electrons. The van der Waals surface area contributed by atoms with E-state index in [1.54, 1.807) is 0 Å². The van der Waals surface area contributed by atoms with Gasteiger partial charge in [0.2, 0.25) is 0 Å². The summed E-state index contributed by atoms with van der Waals surface area (Å²) < 4.78 is 0. The maximum atomic E-state index is 3.27. The lowest BCUT2D eigenvalue weighted by Crippen LogP contribution is -2.31. The van der Waals surface area contributed by atoms with E-state index in [0.717, 1.165) is 26.2 Å². The Kier molecular flexibility index (Phi) is 6.09. The number of likely N-dealkylation sites (N-methyl/N-ethyl adjacent to an activating group) is 1. The number of hydrogen-bond donors (Lipinski definition) is 1. The Morgan fingerprint density at radius 2 is 1.45 bits per heavy atom. The van der Waals surface area contributed by atoms with Gasteiger partial charge < -0.3 is 9.88 Å². The van der Waals surface area contributed by atoms with Crippen molar-refractivity contribution >= 4 is 10.9 Å². The van der Waals surface area contributed by atoms with Gasteiger partial charge in [-0.25, -0.2) is 0 Å². The van der Waals surface area contributed by atoms with Gasteiger partial charge in [0, 0.05) is 37.9 Å². The second-order valence-corrected chi connectivity index (χ2v) is 7.98. The fourth-order valence-corrected chi connectivity index (χ4v) is 3.74. The summed E-state index contributed by atoms with van der Waals surface area (Å²) in [5.74, 6) is 0. The summed E-state index contributed by atoms with van der Waals surface area (Å²) in [6, 6.07) is 28.5. The van der Waals surface area contributed by atoms with Crippen LogP contribution in [-0.2, 0) is 13.1 Å². The van der Waals surface area contributed by atoms with E-state index in [4.69, 9.17) is 0 Å². The van der Waals surface area contributed by atoms with Gasteiger partial charge in [-0.2, -0.15) is 0 Å². The lowest BCUT2D eigenvalue weighted by molar-refractivity contribution is 0.226. The minimum Gasteiger partial charge on any atom is -0.361 e. The van der Waals surface area contributed by atoms with Crippen molar-refractivity contribution in [3.05, 3.63) is 96.2 Å². The number of nitrogens with one attached hydrogen (secondary N) is 1. The monoisotopic (exact) mass is 383 g/mol. The highest BCUT2D eigenvalue weighted by Gasteiger charge is 2.09. The zero-order valence-corrected chi connectivity index (χ0v) is 17.3. The number of benzene rings is 3. The molecule has 0 saturated heterocycles. The molecule has 1 N–H and O–H groups in total. The third-order valence-corrected chi connectivity index (χ3v) is 5.33. The Labute approximate surface area is 173 Å². The van der Waals surface area contributed by atoms with E-state index in [0.29, 0.717) is 0 Å². The lowest BCUT2D eigenvalue weighted by atomic mass is 10.0. The van der Waals surface area contributed by atoms with Crippen molar-refractivity contribution in [1.29, 1.82) is 0 Å². The van der Waals surface area contributed by atoms with E-state index >= 15 is 0 Å². The molecule has 0 spiro atoms. The third-order valence-electron chi connectivity index (χ3n) is 5.33. The van der Waals surface area contributed by atoms with Gasteiger partial charge in [-0.15, -0.1) is 0 Å². The van der Waals surface area contributed by atoms with Crippen molar-refractivity contribution in [2.24, 2.45) is 0 Å². The van der Waals surface area contributed by atoms with Crippen LogP contribution >= 0.6 is 0 Å². The van der Waals surface area contributed by atoms with Crippen LogP contribution in [0, 0.1) is 0 Å². The highest BCUT2D eigenvalue weighted by Crippen LogP contribution is 2.25. The molecule has 0 fully saturated rings. The molecule has 0 radical (unpaired) electrons. The average molecular weight is 384 g/mol. The van der Waals surface area contributed by atoms with Crippen LogP contribution in [0.3, 0.4) is 0 Å². The van der Waals surface area contributed by atoms with Gasteiger partial charge in [0.25, 0.3) is 0 Å². The summed E-state index contributed by atoms with van der Waals surface area (Å²) in [7, 11) is 4.27. The Balaban J connectivity index is 1.54. The molecule has 0 aliphatic carbocycles. The minimum atomic E-state index is 0.947. The van der Waals surface area contributed by atoms with E-state index in [1.807, 2.05) is 6.20 Å². The average Bonchev–Trinajstić information content (AvgIpc) is 3.21. The van der Waals surface area contributed by atoms with Gasteiger partial charge in [-0.1, -0.05) is 54.6 Å². The predicted octanol–water partition coefficient (Wildman–Crippen LogP) is 5.40. The van der Waals surface area contributed by atoms with Crippen LogP contribution in [0.15, 0.2) is 85.1 Å². The second kappa shape index (κ2) is 9.08. The Morgan fingerprint density at radius 1 is 0.690 bits per heavy atom. The zero-order valence-electron chi connectivity index (χ0n) is 17.3. The summed E-state index contributed by atoms with van der Waals surface area (Å²) in [5, 5.41) is 1.25. The van der Waals surface area contributed by atoms with Crippen molar-refractivity contribution in [3.8, 4) is 11.1 Å². The molecule has 0 amide bonds. The standard InChI is InChI=1S/C26H29N3/c1-28(2)15-16-29(19-21-7-4-3-5-8-21)20-22-9-6-10-23(17-22)24-11-12-26-25(18-24)13-14-27-26/h3-14,17-18,27H,15-16,19-20H2,1-2H3. The van der Waals surface area contributed by atoms with Gasteiger partial charge in [0.1, 0.15) is 0 Å². The first-order valence-corrected chi connectivity index (χ1v) is 10.2. The molecule has 0 bridgehead atoms. The number of fused-ring (bicyclic) bond motifs is 1. The first kappa shape index (κ1) is 19.4. The lowest BCUT2D eigenvalue weighted by Gasteiger charge is -2.24. The molecule has 3 heteroatoms. The van der Waals surface area contributed by atoms with Crippen molar-refractivity contribution in [2.45, 2.75) is 13.1 Å². The van der Waals surface area contributed by atoms with Gasteiger partial charge in [-0.05, 0) is 66.0 Å². The largest absolute Gasteiger partial charge is 0.361 e. The molecular weight excluding hydrogens is 354 g/mol. The molecule has 0 saturated carbocycles. The predicted molar refractivity (Wildman–Crippen MR) is 123 cm³/mol. The second-order valence-electron chi connectivity index (χ2n) is 7.98. The van der Waals surface area contributed by atoms with Gasteiger partial charge in [-0.3, -0.25) is 4.90 Å². The number of H-pyrrole nitrogens is 1. The van der Waals surface area contributed by atoms with Gasteiger partial charge in [0.15, 0.2) is 0 Å². The number of rotatable bonds is 8. The molecule has 29 heavy (non-hydrogen) atoms. The Bertz CT molecular complexity index is 1050. The van der Waals surface area contributed by atoms with Crippen LogP contribution < -0.4 is 0 Å². The molecule has 4 rings (SSSR count). The SMILES string of the molecule is CN(C)CCN(Cc1ccccc1)Cc1cccc(-c2ccc3[nH]ccc3c2)c1. The van der Waals surface area contributed by atoms with E-state index in [9.17, 15) is 0 Å². The summed E-state index contributed by atoms with van der Waals surface area (Å²) in [6.45, 7) is 4.01. The van der Waals surface area contributed by atoms with Crippen LogP contribution in [0.4, 0.5) is 0 Å². The van der Waals surface area contributed by atoms with E-state index in [-0.39, 0.29) is 0 Å². The Hall–Kier alpha value is -2.88. The Morgan fingerprint density at radius 3 is 2.28 bits per heavy atom. The topological polar surface area (TPSA) is 22.3 Å². The van der Waals surface area contributed by atoms with E-state index in [1.165, 1.54) is 33.2 Å². The molecule has 3 aromatic carbocycles. The van der Waals surface area contributed by atoms with Crippen LogP contribution in [0.1, 0.15) is 11.1 Å². The molecule has 0 atom stereocenters. The maximum absolute atomic E-state index is 3.27. The molecule has 4 aromatic rings. The summed E-state index contributed by atoms with van der Waals surface area (Å²) >= 11 is 0. The smallest absolute Gasteiger partial charge is 0.0454 e. The molecule has 1 aromatic heterocycles. The normalized spacial score (nSPS) is 11.6. The number of aromatic nitrogens is 1. The molecular formula is C26H29N3. The highest BCUT2D eigenvalue weighted by molar-refractivity contribution is 5.85. The summed E-state index contributed by atoms with van der Waals surface area (Å²) in [4.78, 5) is 8.05. The van der Waals surface area contributed by atoms with Crippen molar-refractivity contribution in [2.75, 3.05) is 27.2 Å². The minimum absolute atomic E-state index is 0.947. The van der Waals surface area contributed by atoms with E-state index < -0.39 is 0 Å². The first-order chi connectivity index (χ1) is 14.2. The molecule has 1 heterocycles. The fourth-order valence-electron chi connectivity index (χ4n) is 3.74. The number of hydrogen-bond acceptors (Lipinski definition) is 2.